The molecule has 1 rings (SSSR count). The average Bonchev–Trinajstić information content (AvgIpc) is 2.32. The first-order valence-corrected chi connectivity index (χ1v) is 5.88. The zero-order valence-corrected chi connectivity index (χ0v) is 11.9. The van der Waals surface area contributed by atoms with Crippen molar-refractivity contribution >= 4 is 34.2 Å². The summed E-state index contributed by atoms with van der Waals surface area (Å²) in [6.45, 7) is 0. The molecule has 0 bridgehead atoms. The highest BCUT2D eigenvalue weighted by atomic mass is 127. The molecule has 0 fully saturated rings. The van der Waals surface area contributed by atoms with E-state index in [9.17, 15) is 28.1 Å². The third kappa shape index (κ3) is 4.18. The first-order chi connectivity index (χ1) is 9.15. The van der Waals surface area contributed by atoms with E-state index in [-0.39, 0.29) is 9.26 Å². The lowest BCUT2D eigenvalue weighted by atomic mass is 10.2. The molecule has 0 aliphatic carbocycles. The van der Waals surface area contributed by atoms with Crippen molar-refractivity contribution in [3.05, 3.63) is 25.6 Å². The van der Waals surface area contributed by atoms with Crippen LogP contribution in [0.4, 0.5) is 18.9 Å². The van der Waals surface area contributed by atoms with Crippen molar-refractivity contribution < 1.29 is 32.4 Å². The Morgan fingerprint density at radius 2 is 2.15 bits per heavy atom. The number of halogens is 4. The van der Waals surface area contributed by atoms with Gasteiger partial charge < -0.3 is 9.47 Å². The van der Waals surface area contributed by atoms with Crippen molar-refractivity contribution in [3.8, 4) is 5.75 Å². The highest BCUT2D eigenvalue weighted by Gasteiger charge is 2.36. The summed E-state index contributed by atoms with van der Waals surface area (Å²) in [5, 5.41) is 10.7. The molecular formula is C9H6F3IN2O5. The number of rotatable bonds is 4. The predicted molar refractivity (Wildman–Crippen MR) is 66.0 cm³/mol. The number of carbonyl (C=O) groups is 1. The second-order valence-corrected chi connectivity index (χ2v) is 4.37. The molecule has 0 aliphatic heterocycles. The molecule has 110 valence electrons. The quantitative estimate of drug-likeness (QED) is 0.330. The number of carbonyl (C=O) groups excluding carboxylic acids is 1. The van der Waals surface area contributed by atoms with Crippen molar-refractivity contribution in [2.24, 2.45) is 0 Å². The van der Waals surface area contributed by atoms with Crippen molar-refractivity contribution in [1.29, 1.82) is 0 Å². The van der Waals surface area contributed by atoms with Gasteiger partial charge in [0, 0.05) is 0 Å². The number of pyridine rings is 1. The lowest BCUT2D eigenvalue weighted by Gasteiger charge is -2.12. The summed E-state index contributed by atoms with van der Waals surface area (Å²) in [6.07, 6.45) is -4.93. The summed E-state index contributed by atoms with van der Waals surface area (Å²) in [7, 11) is 1.09. The molecule has 0 spiro atoms. The minimum Gasteiger partial charge on any atom is -0.469 e. The van der Waals surface area contributed by atoms with Crippen LogP contribution in [0.15, 0.2) is 6.20 Å². The SMILES string of the molecule is COC(=O)Cc1ncc([N+](=O)[O-])c(OC(F)(F)F)c1I. The second-order valence-electron chi connectivity index (χ2n) is 3.29. The Hall–Kier alpha value is -1.66. The summed E-state index contributed by atoms with van der Waals surface area (Å²) in [6, 6.07) is 0. The van der Waals surface area contributed by atoms with Crippen molar-refractivity contribution in [2.45, 2.75) is 12.8 Å². The number of hydrogen-bond donors (Lipinski definition) is 0. The number of ether oxygens (including phenoxy) is 2. The maximum Gasteiger partial charge on any atom is 0.573 e. The van der Waals surface area contributed by atoms with Crippen molar-refractivity contribution in [2.75, 3.05) is 7.11 Å². The molecular weight excluding hydrogens is 400 g/mol. The summed E-state index contributed by atoms with van der Waals surface area (Å²) in [5.41, 5.74) is -1.05. The molecule has 1 heterocycles. The number of esters is 1. The van der Waals surface area contributed by atoms with E-state index < -0.39 is 35.1 Å². The van der Waals surface area contributed by atoms with Gasteiger partial charge >= 0.3 is 18.0 Å². The Balaban J connectivity index is 3.30. The summed E-state index contributed by atoms with van der Waals surface area (Å²) >= 11 is 1.39. The van der Waals surface area contributed by atoms with Gasteiger partial charge in [-0.05, 0) is 22.6 Å². The molecule has 1 aromatic rings. The van der Waals surface area contributed by atoms with Crippen LogP contribution in [0.3, 0.4) is 0 Å². The maximum absolute atomic E-state index is 12.3. The minimum atomic E-state index is -5.10. The van der Waals surface area contributed by atoms with E-state index in [1.54, 1.807) is 0 Å². The predicted octanol–water partition coefficient (Wildman–Crippen LogP) is 2.21. The molecule has 0 aliphatic rings. The number of aromatic nitrogens is 1. The highest BCUT2D eigenvalue weighted by Crippen LogP contribution is 2.37. The summed E-state index contributed by atoms with van der Waals surface area (Å²) in [4.78, 5) is 24.3. The summed E-state index contributed by atoms with van der Waals surface area (Å²) < 4.78 is 44.5. The van der Waals surface area contributed by atoms with Crippen LogP contribution in [-0.4, -0.2) is 29.3 Å². The Morgan fingerprint density at radius 1 is 1.55 bits per heavy atom. The van der Waals surface area contributed by atoms with E-state index in [4.69, 9.17) is 0 Å². The maximum atomic E-state index is 12.3. The molecule has 0 radical (unpaired) electrons. The van der Waals surface area contributed by atoms with Gasteiger partial charge in [-0.15, -0.1) is 13.2 Å². The van der Waals surface area contributed by atoms with Crippen LogP contribution < -0.4 is 4.74 Å². The third-order valence-electron chi connectivity index (χ3n) is 1.98. The van der Waals surface area contributed by atoms with Gasteiger partial charge in [-0.3, -0.25) is 19.9 Å². The van der Waals surface area contributed by atoms with Gasteiger partial charge in [0.2, 0.25) is 5.75 Å². The lowest BCUT2D eigenvalue weighted by Crippen LogP contribution is -2.20. The van der Waals surface area contributed by atoms with E-state index in [1.807, 2.05) is 0 Å². The van der Waals surface area contributed by atoms with Crippen molar-refractivity contribution in [1.82, 2.24) is 4.98 Å². The van der Waals surface area contributed by atoms with Crippen LogP contribution >= 0.6 is 22.6 Å². The Bertz CT molecular complexity index is 549. The fourth-order valence-electron chi connectivity index (χ4n) is 1.17. The number of nitrogens with zero attached hydrogens (tertiary/aromatic N) is 2. The van der Waals surface area contributed by atoms with E-state index in [0.717, 1.165) is 7.11 Å². The first kappa shape index (κ1) is 16.4. The van der Waals surface area contributed by atoms with Gasteiger partial charge in [0.05, 0.1) is 27.7 Å². The molecule has 7 nitrogen and oxygen atoms in total. The van der Waals surface area contributed by atoms with Gasteiger partial charge in [0.15, 0.2) is 0 Å². The second kappa shape index (κ2) is 6.19. The number of methoxy groups -OCH3 is 1. The zero-order chi connectivity index (χ0) is 15.5. The molecule has 0 saturated carbocycles. The van der Waals surface area contributed by atoms with Gasteiger partial charge in [0.25, 0.3) is 0 Å². The Morgan fingerprint density at radius 3 is 2.60 bits per heavy atom. The molecule has 0 amide bonds. The average molecular weight is 406 g/mol. The smallest absolute Gasteiger partial charge is 0.469 e. The third-order valence-corrected chi connectivity index (χ3v) is 3.09. The largest absolute Gasteiger partial charge is 0.573 e. The molecule has 11 heteroatoms. The molecule has 0 atom stereocenters. The monoisotopic (exact) mass is 406 g/mol. The van der Waals surface area contributed by atoms with E-state index in [1.165, 1.54) is 22.6 Å². The Labute approximate surface area is 123 Å². The minimum absolute atomic E-state index is 0.109. The van der Waals surface area contributed by atoms with E-state index in [2.05, 4.69) is 14.5 Å². The highest BCUT2D eigenvalue weighted by molar-refractivity contribution is 14.1. The van der Waals surface area contributed by atoms with Crippen LogP contribution in [0.25, 0.3) is 0 Å². The topological polar surface area (TPSA) is 91.6 Å². The van der Waals surface area contributed by atoms with Gasteiger partial charge in [-0.2, -0.15) is 0 Å². The van der Waals surface area contributed by atoms with Crippen LogP contribution in [0.1, 0.15) is 5.69 Å². The fraction of sp³-hybridized carbons (Fsp3) is 0.333. The fourth-order valence-corrected chi connectivity index (χ4v) is 1.89. The van der Waals surface area contributed by atoms with Crippen LogP contribution in [0.5, 0.6) is 5.75 Å². The Kier molecular flexibility index (Phi) is 5.08. The number of alkyl halides is 3. The van der Waals surface area contributed by atoms with Crippen LogP contribution in [0.2, 0.25) is 0 Å². The number of nitro groups is 1. The molecule has 0 unspecified atom stereocenters. The number of hydrogen-bond acceptors (Lipinski definition) is 6. The normalized spacial score (nSPS) is 11.1. The molecule has 20 heavy (non-hydrogen) atoms. The van der Waals surface area contributed by atoms with Gasteiger partial charge in [0.1, 0.15) is 6.20 Å². The molecule has 1 aromatic heterocycles. The summed E-state index contributed by atoms with van der Waals surface area (Å²) in [5.74, 6) is -1.75. The van der Waals surface area contributed by atoms with Gasteiger partial charge in [-0.1, -0.05) is 0 Å². The molecule has 0 saturated heterocycles. The van der Waals surface area contributed by atoms with Gasteiger partial charge in [-0.25, -0.2) is 0 Å². The van der Waals surface area contributed by atoms with Crippen LogP contribution in [-0.2, 0) is 16.0 Å². The van der Waals surface area contributed by atoms with Crippen LogP contribution in [0, 0.1) is 13.7 Å². The standard InChI is InChI=1S/C9H6F3IN2O5/c1-19-6(16)2-4-7(13)8(20-9(10,11)12)5(3-14-4)15(17)18/h3H,2H2,1H3. The van der Waals surface area contributed by atoms with Crippen molar-refractivity contribution in [3.63, 3.8) is 0 Å². The lowest BCUT2D eigenvalue weighted by molar-refractivity contribution is -0.389. The molecule has 0 aromatic carbocycles. The van der Waals surface area contributed by atoms with E-state index >= 15 is 0 Å². The molecule has 0 N–H and O–H groups in total. The zero-order valence-electron chi connectivity index (χ0n) is 9.73. The van der Waals surface area contributed by atoms with E-state index in [0.29, 0.717) is 6.20 Å². The first-order valence-electron chi connectivity index (χ1n) is 4.80.